The van der Waals surface area contributed by atoms with Crippen LogP contribution in [0.1, 0.15) is 24.5 Å². The molecule has 1 saturated heterocycles. The number of fused-ring (bicyclic) bond motifs is 1. The van der Waals surface area contributed by atoms with Crippen molar-refractivity contribution in [3.05, 3.63) is 34.9 Å². The molecule has 5 nitrogen and oxygen atoms in total. The molecule has 0 bridgehead atoms. The highest BCUT2D eigenvalue weighted by Crippen LogP contribution is 2.28. The molecule has 3 rings (SSSR count). The first-order valence-corrected chi connectivity index (χ1v) is 7.02. The zero-order valence-corrected chi connectivity index (χ0v) is 11.8. The van der Waals surface area contributed by atoms with Crippen LogP contribution in [0.25, 0.3) is 11.0 Å². The van der Waals surface area contributed by atoms with Crippen LogP contribution in [0.15, 0.2) is 18.3 Å². The number of carbonyl (C=O) groups is 1. The van der Waals surface area contributed by atoms with Gasteiger partial charge in [0.05, 0.1) is 11.2 Å². The van der Waals surface area contributed by atoms with Crippen LogP contribution in [0.5, 0.6) is 0 Å². The smallest absolute Gasteiger partial charge is 0.407 e. The summed E-state index contributed by atoms with van der Waals surface area (Å²) in [5.41, 5.74) is 1.33. The molecule has 1 aromatic carbocycles. The summed E-state index contributed by atoms with van der Waals surface area (Å²) >= 11 is 5.79. The summed E-state index contributed by atoms with van der Waals surface area (Å²) in [5.74, 6) is -0.387. The van der Waals surface area contributed by atoms with Crippen LogP contribution in [0.2, 0.25) is 5.02 Å². The molecule has 2 heterocycles. The second-order valence-electron chi connectivity index (χ2n) is 5.09. The van der Waals surface area contributed by atoms with Gasteiger partial charge in [-0.15, -0.1) is 0 Å². The summed E-state index contributed by atoms with van der Waals surface area (Å²) in [5, 5.41) is 9.22. The number of rotatable bonds is 1. The van der Waals surface area contributed by atoms with Crippen molar-refractivity contribution in [2.24, 2.45) is 0 Å². The standard InChI is InChI=1S/C14H13ClFN3O2/c15-9-5-10(16)13-11(6-9)17-7-12(18-13)8-1-3-19(4-2-8)14(20)21/h5-8H,1-4H2,(H,20,21). The summed E-state index contributed by atoms with van der Waals surface area (Å²) in [7, 11) is 0. The van der Waals surface area contributed by atoms with E-state index in [0.29, 0.717) is 37.1 Å². The van der Waals surface area contributed by atoms with Crippen LogP contribution >= 0.6 is 11.6 Å². The Kier molecular flexibility index (Phi) is 3.63. The number of amides is 1. The van der Waals surface area contributed by atoms with Gasteiger partial charge in [-0.1, -0.05) is 11.6 Å². The van der Waals surface area contributed by atoms with Crippen LogP contribution in [0.4, 0.5) is 9.18 Å². The monoisotopic (exact) mass is 309 g/mol. The van der Waals surface area contributed by atoms with Crippen LogP contribution < -0.4 is 0 Å². The minimum Gasteiger partial charge on any atom is -0.465 e. The Morgan fingerprint density at radius 1 is 1.38 bits per heavy atom. The van der Waals surface area contributed by atoms with Gasteiger partial charge in [-0.25, -0.2) is 14.2 Å². The van der Waals surface area contributed by atoms with Gasteiger partial charge in [0.15, 0.2) is 5.82 Å². The van der Waals surface area contributed by atoms with Crippen LogP contribution in [-0.4, -0.2) is 39.2 Å². The van der Waals surface area contributed by atoms with Gasteiger partial charge in [0.1, 0.15) is 5.52 Å². The SMILES string of the molecule is O=C(O)N1CCC(c2cnc3cc(Cl)cc(F)c3n2)CC1. The zero-order valence-electron chi connectivity index (χ0n) is 11.1. The molecule has 1 amide bonds. The van der Waals surface area contributed by atoms with Crippen LogP contribution in [0.3, 0.4) is 0 Å². The Bertz CT molecular complexity index is 702. The van der Waals surface area contributed by atoms with Gasteiger partial charge in [-0.3, -0.25) is 4.98 Å². The number of nitrogens with zero attached hydrogens (tertiary/aromatic N) is 3. The van der Waals surface area contributed by atoms with E-state index < -0.39 is 11.9 Å². The van der Waals surface area contributed by atoms with E-state index in [4.69, 9.17) is 16.7 Å². The maximum absolute atomic E-state index is 13.9. The van der Waals surface area contributed by atoms with Crippen LogP contribution in [0, 0.1) is 5.82 Å². The molecular formula is C14H13ClFN3O2. The molecule has 0 aliphatic carbocycles. The quantitative estimate of drug-likeness (QED) is 0.878. The molecule has 0 unspecified atom stereocenters. The second kappa shape index (κ2) is 5.44. The Balaban J connectivity index is 1.87. The summed E-state index contributed by atoms with van der Waals surface area (Å²) in [6.07, 6.45) is 2.06. The predicted octanol–water partition coefficient (Wildman–Crippen LogP) is 3.28. The summed E-state index contributed by atoms with van der Waals surface area (Å²) in [6.45, 7) is 0.922. The van der Waals surface area contributed by atoms with E-state index in [1.54, 1.807) is 12.3 Å². The number of halogens is 2. The molecule has 1 aromatic heterocycles. The van der Waals surface area contributed by atoms with Crippen molar-refractivity contribution in [3.63, 3.8) is 0 Å². The highest BCUT2D eigenvalue weighted by molar-refractivity contribution is 6.31. The lowest BCUT2D eigenvalue weighted by Crippen LogP contribution is -2.37. The molecule has 1 aliphatic rings. The minimum absolute atomic E-state index is 0.104. The summed E-state index contributed by atoms with van der Waals surface area (Å²) in [6, 6.07) is 2.79. The maximum atomic E-state index is 13.9. The van der Waals surface area contributed by atoms with E-state index in [1.165, 1.54) is 11.0 Å². The van der Waals surface area contributed by atoms with Crippen molar-refractivity contribution in [2.45, 2.75) is 18.8 Å². The van der Waals surface area contributed by atoms with Gasteiger partial charge in [0, 0.05) is 30.2 Å². The van der Waals surface area contributed by atoms with E-state index in [0.717, 1.165) is 0 Å². The van der Waals surface area contributed by atoms with E-state index in [2.05, 4.69) is 9.97 Å². The predicted molar refractivity (Wildman–Crippen MR) is 76.1 cm³/mol. The number of benzene rings is 1. The first-order valence-electron chi connectivity index (χ1n) is 6.64. The Morgan fingerprint density at radius 2 is 2.10 bits per heavy atom. The maximum Gasteiger partial charge on any atom is 0.407 e. The molecule has 0 atom stereocenters. The number of hydrogen-bond donors (Lipinski definition) is 1. The fraction of sp³-hybridized carbons (Fsp3) is 0.357. The highest BCUT2D eigenvalue weighted by atomic mass is 35.5. The van der Waals surface area contributed by atoms with Gasteiger partial charge in [-0.2, -0.15) is 0 Å². The molecule has 1 fully saturated rings. The molecule has 21 heavy (non-hydrogen) atoms. The number of carboxylic acid groups (broad SMARTS) is 1. The molecule has 0 radical (unpaired) electrons. The van der Waals surface area contributed by atoms with Gasteiger partial charge < -0.3 is 10.0 Å². The fourth-order valence-corrected chi connectivity index (χ4v) is 2.82. The van der Waals surface area contributed by atoms with Gasteiger partial charge >= 0.3 is 6.09 Å². The number of aromatic nitrogens is 2. The normalized spacial score (nSPS) is 16.4. The Morgan fingerprint density at radius 3 is 2.76 bits per heavy atom. The lowest BCUT2D eigenvalue weighted by atomic mass is 9.94. The average Bonchev–Trinajstić information content (AvgIpc) is 2.47. The van der Waals surface area contributed by atoms with Gasteiger partial charge in [-0.05, 0) is 25.0 Å². The number of hydrogen-bond acceptors (Lipinski definition) is 3. The van der Waals surface area contributed by atoms with Crippen molar-refractivity contribution in [1.29, 1.82) is 0 Å². The van der Waals surface area contributed by atoms with Crippen molar-refractivity contribution in [3.8, 4) is 0 Å². The molecular weight excluding hydrogens is 297 g/mol. The van der Waals surface area contributed by atoms with E-state index in [1.807, 2.05) is 0 Å². The lowest BCUT2D eigenvalue weighted by molar-refractivity contribution is 0.131. The zero-order chi connectivity index (χ0) is 15.0. The van der Waals surface area contributed by atoms with E-state index in [-0.39, 0.29) is 16.5 Å². The Labute approximate surface area is 125 Å². The fourth-order valence-electron chi connectivity index (χ4n) is 2.62. The van der Waals surface area contributed by atoms with Crippen molar-refractivity contribution < 1.29 is 14.3 Å². The summed E-state index contributed by atoms with van der Waals surface area (Å²) in [4.78, 5) is 20.8. The number of likely N-dealkylation sites (tertiary alicyclic amines) is 1. The van der Waals surface area contributed by atoms with Gasteiger partial charge in [0.2, 0.25) is 0 Å². The third-order valence-corrected chi connectivity index (χ3v) is 3.99. The largest absolute Gasteiger partial charge is 0.465 e. The lowest BCUT2D eigenvalue weighted by Gasteiger charge is -2.29. The molecule has 0 saturated carbocycles. The molecule has 110 valence electrons. The minimum atomic E-state index is -0.904. The number of piperidine rings is 1. The van der Waals surface area contributed by atoms with Crippen LogP contribution in [-0.2, 0) is 0 Å². The average molecular weight is 310 g/mol. The summed E-state index contributed by atoms with van der Waals surface area (Å²) < 4.78 is 13.9. The van der Waals surface area contributed by atoms with Crippen molar-refractivity contribution >= 4 is 28.7 Å². The molecule has 1 N–H and O–H groups in total. The van der Waals surface area contributed by atoms with Crippen molar-refractivity contribution in [2.75, 3.05) is 13.1 Å². The Hall–Kier alpha value is -1.95. The first kappa shape index (κ1) is 14.0. The highest BCUT2D eigenvalue weighted by Gasteiger charge is 2.24. The molecule has 1 aliphatic heterocycles. The second-order valence-corrected chi connectivity index (χ2v) is 5.53. The van der Waals surface area contributed by atoms with E-state index in [9.17, 15) is 9.18 Å². The molecule has 2 aromatic rings. The third kappa shape index (κ3) is 2.76. The third-order valence-electron chi connectivity index (χ3n) is 3.77. The van der Waals surface area contributed by atoms with Gasteiger partial charge in [0.25, 0.3) is 0 Å². The van der Waals surface area contributed by atoms with Crippen molar-refractivity contribution in [1.82, 2.24) is 14.9 Å². The van der Waals surface area contributed by atoms with E-state index >= 15 is 0 Å². The molecule has 7 heteroatoms. The molecule has 0 spiro atoms. The topological polar surface area (TPSA) is 66.3 Å². The first-order chi connectivity index (χ1) is 10.0.